The number of nitrogens with one attached hydrogen (secondary N) is 1. The number of aliphatic carboxylic acids is 1. The Bertz CT molecular complexity index is 445. The molecule has 0 heterocycles. The molecule has 0 bridgehead atoms. The number of ketones is 1. The predicted molar refractivity (Wildman–Crippen MR) is 55.8 cm³/mol. The summed E-state index contributed by atoms with van der Waals surface area (Å²) >= 11 is 0. The van der Waals surface area contributed by atoms with Crippen LogP contribution < -0.4 is 0 Å². The van der Waals surface area contributed by atoms with Gasteiger partial charge in [-0.25, -0.2) is 0 Å². The van der Waals surface area contributed by atoms with Crippen molar-refractivity contribution in [3.05, 3.63) is 35.4 Å². The quantitative estimate of drug-likeness (QED) is 0.337. The largest absolute Gasteiger partial charge is 0.481 e. The van der Waals surface area contributed by atoms with Crippen molar-refractivity contribution in [3.63, 3.8) is 0 Å². The minimum Gasteiger partial charge on any atom is -0.481 e. The van der Waals surface area contributed by atoms with Crippen molar-refractivity contribution in [2.75, 3.05) is 0 Å². The number of benzene rings is 1. The lowest BCUT2D eigenvalue weighted by atomic mass is 10.1. The van der Waals surface area contributed by atoms with Gasteiger partial charge in [-0.3, -0.25) is 9.59 Å². The monoisotopic (exact) mass is 219 g/mol. The molecule has 1 aromatic rings. The average Bonchev–Trinajstić information content (AvgIpc) is 2.27. The third-order valence-corrected chi connectivity index (χ3v) is 2.05. The number of Topliss-reactive ketones (excluding diaryl/α,β-unsaturated/α-hetero) is 1. The lowest BCUT2D eigenvalue weighted by Gasteiger charge is -1.98. The van der Waals surface area contributed by atoms with Crippen LogP contribution >= 0.6 is 0 Å². The highest BCUT2D eigenvalue weighted by atomic mass is 16.4. The summed E-state index contributed by atoms with van der Waals surface area (Å²) < 4.78 is 0. The molecule has 0 spiro atoms. The topological polar surface area (TPSA) is 92.3 Å². The number of carbonyl (C=O) groups is 2. The molecule has 5 heteroatoms. The zero-order valence-corrected chi connectivity index (χ0v) is 8.51. The SMILES string of the molecule is N=[N+]=CC(=O)c1ccc(CCC(=O)O)cc1. The maximum Gasteiger partial charge on any atom is 0.377 e. The van der Waals surface area contributed by atoms with Crippen molar-refractivity contribution in [1.29, 1.82) is 5.53 Å². The van der Waals surface area contributed by atoms with Crippen LogP contribution in [0.4, 0.5) is 0 Å². The summed E-state index contributed by atoms with van der Waals surface area (Å²) in [4.78, 5) is 24.5. The van der Waals surface area contributed by atoms with Crippen molar-refractivity contribution in [1.82, 2.24) is 0 Å². The molecule has 16 heavy (non-hydrogen) atoms. The zero-order valence-electron chi connectivity index (χ0n) is 8.51. The fourth-order valence-electron chi connectivity index (χ4n) is 1.22. The molecule has 0 saturated heterocycles. The normalized spacial score (nSPS) is 9.25. The van der Waals surface area contributed by atoms with Gasteiger partial charge in [0.05, 0.1) is 10.3 Å². The fourth-order valence-corrected chi connectivity index (χ4v) is 1.22. The molecule has 82 valence electrons. The first-order valence-electron chi connectivity index (χ1n) is 4.68. The molecule has 0 fully saturated rings. The van der Waals surface area contributed by atoms with Crippen molar-refractivity contribution in [3.8, 4) is 0 Å². The number of carbonyl (C=O) groups excluding carboxylic acids is 1. The Kier molecular flexibility index (Phi) is 4.12. The van der Waals surface area contributed by atoms with E-state index in [-0.39, 0.29) is 12.2 Å². The molecule has 0 aliphatic heterocycles. The number of rotatable bonds is 5. The number of hydrogen-bond donors (Lipinski definition) is 2. The third kappa shape index (κ3) is 3.48. The second-order valence-corrected chi connectivity index (χ2v) is 3.21. The van der Waals surface area contributed by atoms with Gasteiger partial charge in [0.2, 0.25) is 0 Å². The number of aryl methyl sites for hydroxylation is 1. The van der Waals surface area contributed by atoms with E-state index in [1.54, 1.807) is 24.3 Å². The molecule has 0 amide bonds. The van der Waals surface area contributed by atoms with E-state index in [0.29, 0.717) is 12.0 Å². The lowest BCUT2D eigenvalue weighted by molar-refractivity contribution is -0.136. The maximum atomic E-state index is 11.3. The number of carboxylic acid groups (broad SMARTS) is 1. The van der Waals surface area contributed by atoms with E-state index in [9.17, 15) is 9.59 Å². The van der Waals surface area contributed by atoms with Gasteiger partial charge >= 0.3 is 12.2 Å². The van der Waals surface area contributed by atoms with Crippen LogP contribution in [-0.2, 0) is 11.2 Å². The maximum absolute atomic E-state index is 11.3. The van der Waals surface area contributed by atoms with Gasteiger partial charge in [0.15, 0.2) is 0 Å². The van der Waals surface area contributed by atoms with Crippen LogP contribution in [0.3, 0.4) is 0 Å². The predicted octanol–water partition coefficient (Wildman–Crippen LogP) is 1.20. The number of nitrogens with zero attached hydrogens (tertiary/aromatic N) is 1. The summed E-state index contributed by atoms with van der Waals surface area (Å²) in [6.07, 6.45) is 1.43. The molecule has 0 unspecified atom stereocenters. The summed E-state index contributed by atoms with van der Waals surface area (Å²) in [5, 5.41) is 8.50. The van der Waals surface area contributed by atoms with Crippen LogP contribution in [0.5, 0.6) is 0 Å². The molecule has 1 rings (SSSR count). The lowest BCUT2D eigenvalue weighted by Crippen LogP contribution is -2.02. The summed E-state index contributed by atoms with van der Waals surface area (Å²) in [5.41, 5.74) is 7.82. The average molecular weight is 219 g/mol. The van der Waals surface area contributed by atoms with E-state index in [4.69, 9.17) is 10.6 Å². The standard InChI is InChI=1S/C11H10N2O3/c12-13-7-10(14)9-4-1-8(2-5-9)3-6-11(15)16/h1-2,4-5,7,12H,3,6H2/p+1. The summed E-state index contributed by atoms with van der Waals surface area (Å²) in [7, 11) is 0. The second-order valence-electron chi connectivity index (χ2n) is 3.21. The first kappa shape index (κ1) is 11.8. The van der Waals surface area contributed by atoms with Crippen LogP contribution in [0.2, 0.25) is 0 Å². The minimum atomic E-state index is -0.846. The first-order valence-corrected chi connectivity index (χ1v) is 4.68. The van der Waals surface area contributed by atoms with E-state index >= 15 is 0 Å². The Morgan fingerprint density at radius 2 is 1.94 bits per heavy atom. The van der Waals surface area contributed by atoms with E-state index in [1.165, 1.54) is 0 Å². The summed E-state index contributed by atoms with van der Waals surface area (Å²) in [5.74, 6) is -1.18. The van der Waals surface area contributed by atoms with Crippen LogP contribution in [0, 0.1) is 5.53 Å². The smallest absolute Gasteiger partial charge is 0.377 e. The Balaban J connectivity index is 2.71. The Labute approximate surface area is 92.0 Å². The molecule has 2 N–H and O–H groups in total. The Morgan fingerprint density at radius 3 is 2.44 bits per heavy atom. The molecule has 0 aliphatic carbocycles. The summed E-state index contributed by atoms with van der Waals surface area (Å²) in [6.45, 7) is 0. The highest BCUT2D eigenvalue weighted by Gasteiger charge is 2.07. The van der Waals surface area contributed by atoms with Crippen molar-refractivity contribution < 1.29 is 19.5 Å². The zero-order chi connectivity index (χ0) is 12.0. The fraction of sp³-hybridized carbons (Fsp3) is 0.182. The molecule has 0 aromatic heterocycles. The van der Waals surface area contributed by atoms with Crippen molar-refractivity contribution in [2.24, 2.45) is 0 Å². The van der Waals surface area contributed by atoms with Crippen LogP contribution in [0.25, 0.3) is 0 Å². The van der Waals surface area contributed by atoms with Gasteiger partial charge in [0, 0.05) is 12.0 Å². The van der Waals surface area contributed by atoms with E-state index in [0.717, 1.165) is 11.8 Å². The third-order valence-electron chi connectivity index (χ3n) is 2.05. The molecule has 0 aliphatic rings. The Morgan fingerprint density at radius 1 is 1.31 bits per heavy atom. The molecular weight excluding hydrogens is 208 g/mol. The van der Waals surface area contributed by atoms with Crippen LogP contribution in [-0.4, -0.2) is 27.9 Å². The highest BCUT2D eigenvalue weighted by Crippen LogP contribution is 2.06. The van der Waals surface area contributed by atoms with Gasteiger partial charge in [-0.15, -0.1) is 0 Å². The van der Waals surface area contributed by atoms with Crippen molar-refractivity contribution >= 4 is 18.0 Å². The van der Waals surface area contributed by atoms with Gasteiger partial charge in [-0.2, -0.15) is 0 Å². The number of hydrogen-bond acceptors (Lipinski definition) is 3. The van der Waals surface area contributed by atoms with Crippen LogP contribution in [0.15, 0.2) is 24.3 Å². The molecule has 1 aromatic carbocycles. The molecule has 5 nitrogen and oxygen atoms in total. The molecule has 0 saturated carbocycles. The van der Waals surface area contributed by atoms with E-state index in [2.05, 4.69) is 4.79 Å². The van der Waals surface area contributed by atoms with Gasteiger partial charge < -0.3 is 5.11 Å². The Hall–Kier alpha value is -2.26. The first-order chi connectivity index (χ1) is 7.63. The van der Waals surface area contributed by atoms with Crippen molar-refractivity contribution in [2.45, 2.75) is 12.8 Å². The van der Waals surface area contributed by atoms with Gasteiger partial charge in [-0.05, 0) is 12.0 Å². The van der Waals surface area contributed by atoms with Crippen LogP contribution in [0.1, 0.15) is 22.3 Å². The summed E-state index contributed by atoms with van der Waals surface area (Å²) in [6, 6.07) is 6.60. The van der Waals surface area contributed by atoms with Gasteiger partial charge in [0.25, 0.3) is 5.78 Å². The van der Waals surface area contributed by atoms with E-state index < -0.39 is 5.97 Å². The minimum absolute atomic E-state index is 0.0709. The molecular formula is C11H11N2O3+. The molecule has 0 radical (unpaired) electrons. The molecule has 0 atom stereocenters. The number of carboxylic acids is 1. The highest BCUT2D eigenvalue weighted by molar-refractivity contribution is 6.33. The van der Waals surface area contributed by atoms with Gasteiger partial charge in [-0.1, -0.05) is 24.3 Å². The van der Waals surface area contributed by atoms with Gasteiger partial charge in [0.1, 0.15) is 0 Å². The second kappa shape index (κ2) is 5.58. The van der Waals surface area contributed by atoms with E-state index in [1.807, 2.05) is 0 Å².